The third-order valence-corrected chi connectivity index (χ3v) is 5.61. The van der Waals surface area contributed by atoms with E-state index < -0.39 is 6.04 Å². The lowest BCUT2D eigenvalue weighted by molar-refractivity contribution is -0.113. The summed E-state index contributed by atoms with van der Waals surface area (Å²) >= 11 is 0. The molecule has 0 unspecified atom stereocenters. The highest BCUT2D eigenvalue weighted by Crippen LogP contribution is 2.39. The van der Waals surface area contributed by atoms with E-state index in [1.807, 2.05) is 35.8 Å². The highest BCUT2D eigenvalue weighted by molar-refractivity contribution is 6.06. The molecule has 2 heterocycles. The molecule has 6 nitrogen and oxygen atoms in total. The molecule has 2 N–H and O–H groups in total. The molecule has 4 aromatic rings. The van der Waals surface area contributed by atoms with E-state index in [4.69, 9.17) is 9.72 Å². The van der Waals surface area contributed by atoms with Crippen molar-refractivity contribution in [3.05, 3.63) is 95.4 Å². The first-order chi connectivity index (χ1) is 15.5. The highest BCUT2D eigenvalue weighted by atomic mass is 19.1. The molecular weight excluding hydrogens is 407 g/mol. The summed E-state index contributed by atoms with van der Waals surface area (Å²) in [5, 5.41) is 6.25. The van der Waals surface area contributed by atoms with Gasteiger partial charge in [0.2, 0.25) is 5.95 Å². The van der Waals surface area contributed by atoms with Gasteiger partial charge in [-0.3, -0.25) is 9.36 Å². The number of carbonyl (C=O) groups is 1. The average molecular weight is 428 g/mol. The molecule has 0 radical (unpaired) electrons. The van der Waals surface area contributed by atoms with Crippen LogP contribution < -0.4 is 15.4 Å². The summed E-state index contributed by atoms with van der Waals surface area (Å²) in [4.78, 5) is 18.2. The van der Waals surface area contributed by atoms with E-state index in [1.165, 1.54) is 12.1 Å². The minimum atomic E-state index is -0.475. The molecule has 0 saturated heterocycles. The maximum Gasteiger partial charge on any atom is 0.255 e. The van der Waals surface area contributed by atoms with Gasteiger partial charge in [-0.25, -0.2) is 9.37 Å². The summed E-state index contributed by atoms with van der Waals surface area (Å²) in [5.41, 5.74) is 4.35. The minimum absolute atomic E-state index is 0.252. The van der Waals surface area contributed by atoms with Crippen LogP contribution >= 0.6 is 0 Å². The van der Waals surface area contributed by atoms with E-state index >= 15 is 0 Å². The Labute approximate surface area is 184 Å². The first-order valence-electron chi connectivity index (χ1n) is 10.2. The lowest BCUT2D eigenvalue weighted by Crippen LogP contribution is -2.30. The Bertz CT molecular complexity index is 1340. The van der Waals surface area contributed by atoms with Gasteiger partial charge >= 0.3 is 0 Å². The molecule has 1 aromatic heterocycles. The van der Waals surface area contributed by atoms with Crippen molar-refractivity contribution in [2.75, 3.05) is 17.7 Å². The number of aromatic nitrogens is 2. The second-order valence-electron chi connectivity index (χ2n) is 7.59. The van der Waals surface area contributed by atoms with Crippen LogP contribution in [0.25, 0.3) is 11.0 Å². The fraction of sp³-hybridized carbons (Fsp3) is 0.120. The van der Waals surface area contributed by atoms with Gasteiger partial charge in [0.25, 0.3) is 5.91 Å². The van der Waals surface area contributed by atoms with Crippen LogP contribution in [0, 0.1) is 5.82 Å². The lowest BCUT2D eigenvalue weighted by atomic mass is 9.94. The molecule has 1 atom stereocenters. The second kappa shape index (κ2) is 7.85. The number of allylic oxidation sites excluding steroid dienone is 1. The van der Waals surface area contributed by atoms with Crippen LogP contribution in [0.1, 0.15) is 18.5 Å². The summed E-state index contributed by atoms with van der Waals surface area (Å²) in [6, 6.07) is 20.6. The second-order valence-corrected chi connectivity index (χ2v) is 7.59. The number of fused-ring (bicyclic) bond motifs is 3. The lowest BCUT2D eigenvalue weighted by Gasteiger charge is -2.30. The van der Waals surface area contributed by atoms with Crippen molar-refractivity contribution >= 4 is 28.6 Å². The zero-order chi connectivity index (χ0) is 22.2. The minimum Gasteiger partial charge on any atom is -0.497 e. The molecule has 1 aliphatic rings. The van der Waals surface area contributed by atoms with Crippen molar-refractivity contribution in [3.63, 3.8) is 0 Å². The van der Waals surface area contributed by atoms with Gasteiger partial charge in [-0.2, -0.15) is 0 Å². The predicted molar refractivity (Wildman–Crippen MR) is 122 cm³/mol. The molecule has 0 bridgehead atoms. The van der Waals surface area contributed by atoms with Gasteiger partial charge in [0.15, 0.2) is 0 Å². The number of carbonyl (C=O) groups excluding carboxylic acids is 1. The molecule has 0 aliphatic carbocycles. The maximum absolute atomic E-state index is 13.7. The SMILES string of the molecule is COc1ccc(NC(=O)C2=C(C)Nc3nc4ccccc4n3[C@H]2c2ccc(F)cc2)cc1. The Morgan fingerprint density at radius 1 is 1.06 bits per heavy atom. The van der Waals surface area contributed by atoms with Crippen LogP contribution in [-0.2, 0) is 4.79 Å². The van der Waals surface area contributed by atoms with E-state index in [1.54, 1.807) is 43.5 Å². The van der Waals surface area contributed by atoms with Crippen LogP contribution in [0.4, 0.5) is 16.0 Å². The van der Waals surface area contributed by atoms with Gasteiger partial charge in [0.05, 0.1) is 29.8 Å². The van der Waals surface area contributed by atoms with Crippen LogP contribution in [-0.4, -0.2) is 22.6 Å². The number of amides is 1. The number of ether oxygens (including phenoxy) is 1. The van der Waals surface area contributed by atoms with E-state index in [-0.39, 0.29) is 11.7 Å². The summed E-state index contributed by atoms with van der Waals surface area (Å²) in [6.07, 6.45) is 0. The number of methoxy groups -OCH3 is 1. The number of para-hydroxylation sites is 2. The van der Waals surface area contributed by atoms with Gasteiger partial charge in [0, 0.05) is 11.4 Å². The van der Waals surface area contributed by atoms with Crippen molar-refractivity contribution in [1.82, 2.24) is 9.55 Å². The summed E-state index contributed by atoms with van der Waals surface area (Å²) in [6.45, 7) is 1.85. The van der Waals surface area contributed by atoms with E-state index in [2.05, 4.69) is 10.6 Å². The fourth-order valence-corrected chi connectivity index (χ4v) is 4.09. The number of nitrogens with one attached hydrogen (secondary N) is 2. The van der Waals surface area contributed by atoms with E-state index in [0.29, 0.717) is 28.7 Å². The number of hydrogen-bond donors (Lipinski definition) is 2. The van der Waals surface area contributed by atoms with Crippen molar-refractivity contribution in [1.29, 1.82) is 0 Å². The molecule has 5 rings (SSSR count). The third-order valence-electron chi connectivity index (χ3n) is 5.61. The van der Waals surface area contributed by atoms with Crippen LogP contribution in [0.3, 0.4) is 0 Å². The van der Waals surface area contributed by atoms with Crippen LogP contribution in [0.15, 0.2) is 84.1 Å². The van der Waals surface area contributed by atoms with Crippen LogP contribution in [0.5, 0.6) is 5.75 Å². The smallest absolute Gasteiger partial charge is 0.255 e. The van der Waals surface area contributed by atoms with E-state index in [9.17, 15) is 9.18 Å². The predicted octanol–water partition coefficient (Wildman–Crippen LogP) is 5.11. The van der Waals surface area contributed by atoms with E-state index in [0.717, 1.165) is 16.6 Å². The number of halogens is 1. The largest absolute Gasteiger partial charge is 0.497 e. The first kappa shape index (κ1) is 19.8. The molecule has 32 heavy (non-hydrogen) atoms. The van der Waals surface area contributed by atoms with Gasteiger partial charge in [-0.1, -0.05) is 24.3 Å². The number of nitrogens with zero attached hydrogens (tertiary/aromatic N) is 2. The van der Waals surface area contributed by atoms with Crippen LogP contribution in [0.2, 0.25) is 0 Å². The number of anilines is 2. The molecule has 0 spiro atoms. The molecule has 1 aliphatic heterocycles. The Morgan fingerprint density at radius 2 is 1.78 bits per heavy atom. The Hall–Kier alpha value is -4.13. The van der Waals surface area contributed by atoms with Gasteiger partial charge in [0.1, 0.15) is 11.6 Å². The number of benzene rings is 3. The van der Waals surface area contributed by atoms with Gasteiger partial charge in [-0.15, -0.1) is 0 Å². The van der Waals surface area contributed by atoms with Crippen molar-refractivity contribution < 1.29 is 13.9 Å². The van der Waals surface area contributed by atoms with Crippen molar-refractivity contribution in [2.45, 2.75) is 13.0 Å². The fourth-order valence-electron chi connectivity index (χ4n) is 4.09. The van der Waals surface area contributed by atoms with Crippen molar-refractivity contribution in [2.24, 2.45) is 0 Å². The Balaban J connectivity index is 1.62. The maximum atomic E-state index is 13.7. The topological polar surface area (TPSA) is 68.2 Å². The average Bonchev–Trinajstić information content (AvgIpc) is 3.17. The molecule has 160 valence electrons. The normalized spacial score (nSPS) is 15.3. The molecule has 0 fully saturated rings. The molecule has 1 amide bonds. The number of imidazole rings is 1. The number of hydrogen-bond acceptors (Lipinski definition) is 4. The molecular formula is C25H21FN4O2. The highest BCUT2D eigenvalue weighted by Gasteiger charge is 2.34. The molecule has 3 aromatic carbocycles. The summed E-state index contributed by atoms with van der Waals surface area (Å²) in [7, 11) is 1.59. The standard InChI is InChI=1S/C25H21FN4O2/c1-15-22(24(31)28-18-11-13-19(32-2)14-12-18)23(16-7-9-17(26)10-8-16)30-21-6-4-3-5-20(21)29-25(30)27-15/h3-14,23H,1-2H3,(H,27,29)(H,28,31)/t23-/m0/s1. The molecule has 7 heteroatoms. The third kappa shape index (κ3) is 3.37. The van der Waals surface area contributed by atoms with Gasteiger partial charge in [-0.05, 0) is 61.0 Å². The summed E-state index contributed by atoms with van der Waals surface area (Å²) in [5.74, 6) is 0.761. The summed E-state index contributed by atoms with van der Waals surface area (Å²) < 4.78 is 20.9. The Morgan fingerprint density at radius 3 is 2.50 bits per heavy atom. The van der Waals surface area contributed by atoms with Gasteiger partial charge < -0.3 is 15.4 Å². The zero-order valence-corrected chi connectivity index (χ0v) is 17.6. The Kier molecular flexibility index (Phi) is 4.86. The monoisotopic (exact) mass is 428 g/mol. The number of rotatable bonds is 4. The zero-order valence-electron chi connectivity index (χ0n) is 17.6. The molecule has 0 saturated carbocycles. The quantitative estimate of drug-likeness (QED) is 0.474. The first-order valence-corrected chi connectivity index (χ1v) is 10.2. The van der Waals surface area contributed by atoms with Crippen molar-refractivity contribution in [3.8, 4) is 5.75 Å².